The van der Waals surface area contributed by atoms with E-state index in [2.05, 4.69) is 19.1 Å². The lowest BCUT2D eigenvalue weighted by molar-refractivity contribution is -0.137. The van der Waals surface area contributed by atoms with Crippen molar-refractivity contribution in [2.24, 2.45) is 0 Å². The lowest BCUT2D eigenvalue weighted by Gasteiger charge is -2.02. The predicted octanol–water partition coefficient (Wildman–Crippen LogP) is 7.67. The minimum Gasteiger partial charge on any atom is -0.481 e. The molecule has 0 saturated carbocycles. The van der Waals surface area contributed by atoms with Crippen LogP contribution >= 0.6 is 0 Å². The molecule has 1 N–H and O–H groups in total. The maximum atomic E-state index is 10.4. The third-order valence-corrected chi connectivity index (χ3v) is 4.65. The predicted molar refractivity (Wildman–Crippen MR) is 106 cm³/mol. The Bertz CT molecular complexity index is 284. The molecule has 0 aromatic heterocycles. The first-order valence-corrected chi connectivity index (χ1v) is 10.6. The Morgan fingerprint density at radius 1 is 0.625 bits per heavy atom. The minimum absolute atomic E-state index is 0.341. The zero-order valence-electron chi connectivity index (χ0n) is 16.2. The highest BCUT2D eigenvalue weighted by Gasteiger charge is 1.96. The van der Waals surface area contributed by atoms with Crippen molar-refractivity contribution in [2.45, 2.75) is 122 Å². The van der Waals surface area contributed by atoms with Gasteiger partial charge in [-0.2, -0.15) is 0 Å². The number of unbranched alkanes of at least 4 members (excludes halogenated alkanes) is 15. The molecule has 0 aliphatic heterocycles. The molecule has 0 aliphatic carbocycles. The van der Waals surface area contributed by atoms with E-state index in [1.807, 2.05) is 0 Å². The molecule has 0 aliphatic rings. The summed E-state index contributed by atoms with van der Waals surface area (Å²) in [5, 5.41) is 8.55. The molecule has 24 heavy (non-hydrogen) atoms. The van der Waals surface area contributed by atoms with E-state index in [1.165, 1.54) is 96.3 Å². The summed E-state index contributed by atoms with van der Waals surface area (Å²) in [6.07, 6.45) is 27.1. The van der Waals surface area contributed by atoms with E-state index in [-0.39, 0.29) is 0 Å². The number of hydrogen-bond donors (Lipinski definition) is 1. The highest BCUT2D eigenvalue weighted by atomic mass is 16.4. The molecule has 0 aromatic rings. The van der Waals surface area contributed by atoms with Gasteiger partial charge >= 0.3 is 5.97 Å². The van der Waals surface area contributed by atoms with Gasteiger partial charge in [0.15, 0.2) is 0 Å². The van der Waals surface area contributed by atoms with Crippen LogP contribution in [0, 0.1) is 0 Å². The van der Waals surface area contributed by atoms with Crippen LogP contribution in [0.25, 0.3) is 0 Å². The normalized spacial score (nSPS) is 11.4. The second-order valence-electron chi connectivity index (χ2n) is 7.14. The van der Waals surface area contributed by atoms with Crippen LogP contribution in [0.3, 0.4) is 0 Å². The largest absolute Gasteiger partial charge is 0.481 e. The maximum Gasteiger partial charge on any atom is 0.303 e. The van der Waals surface area contributed by atoms with Gasteiger partial charge in [-0.15, -0.1) is 0 Å². The van der Waals surface area contributed by atoms with Crippen LogP contribution < -0.4 is 0 Å². The lowest BCUT2D eigenvalue weighted by atomic mass is 10.0. The molecule has 2 heteroatoms. The topological polar surface area (TPSA) is 37.3 Å². The maximum absolute atomic E-state index is 10.4. The van der Waals surface area contributed by atoms with Crippen LogP contribution in [0.5, 0.6) is 0 Å². The van der Waals surface area contributed by atoms with Crippen LogP contribution in [0.1, 0.15) is 122 Å². The summed E-state index contributed by atoms with van der Waals surface area (Å²) >= 11 is 0. The smallest absolute Gasteiger partial charge is 0.303 e. The Morgan fingerprint density at radius 2 is 1.00 bits per heavy atom. The molecule has 0 saturated heterocycles. The van der Waals surface area contributed by atoms with E-state index in [4.69, 9.17) is 5.11 Å². The summed E-state index contributed by atoms with van der Waals surface area (Å²) in [5.41, 5.74) is 0. The summed E-state index contributed by atoms with van der Waals surface area (Å²) in [6, 6.07) is 0. The third-order valence-electron chi connectivity index (χ3n) is 4.65. The molecule has 0 amide bonds. The molecule has 0 aromatic carbocycles. The monoisotopic (exact) mass is 338 g/mol. The van der Waals surface area contributed by atoms with Gasteiger partial charge in [0.05, 0.1) is 0 Å². The van der Waals surface area contributed by atoms with E-state index >= 15 is 0 Å². The van der Waals surface area contributed by atoms with Gasteiger partial charge in [0.25, 0.3) is 0 Å². The molecular formula is C22H42O2. The molecule has 2 nitrogen and oxygen atoms in total. The van der Waals surface area contributed by atoms with Gasteiger partial charge in [-0.3, -0.25) is 4.79 Å². The highest BCUT2D eigenvalue weighted by Crippen LogP contribution is 2.13. The van der Waals surface area contributed by atoms with E-state index in [1.54, 1.807) is 0 Å². The number of carboxylic acids is 1. The van der Waals surface area contributed by atoms with Crippen molar-refractivity contribution in [1.82, 2.24) is 0 Å². The van der Waals surface area contributed by atoms with Gasteiger partial charge in [-0.05, 0) is 32.1 Å². The second-order valence-corrected chi connectivity index (χ2v) is 7.14. The van der Waals surface area contributed by atoms with Crippen molar-refractivity contribution in [3.8, 4) is 0 Å². The number of allylic oxidation sites excluding steroid dienone is 2. The van der Waals surface area contributed by atoms with Crippen molar-refractivity contribution in [3.63, 3.8) is 0 Å². The highest BCUT2D eigenvalue weighted by molar-refractivity contribution is 5.66. The summed E-state index contributed by atoms with van der Waals surface area (Å²) < 4.78 is 0. The van der Waals surface area contributed by atoms with Crippen molar-refractivity contribution in [3.05, 3.63) is 12.2 Å². The summed E-state index contributed by atoms with van der Waals surface area (Å²) in [7, 11) is 0. The minimum atomic E-state index is -0.655. The number of carbonyl (C=O) groups is 1. The van der Waals surface area contributed by atoms with Crippen molar-refractivity contribution < 1.29 is 9.90 Å². The Morgan fingerprint density at radius 3 is 1.42 bits per heavy atom. The number of carboxylic acid groups (broad SMARTS) is 1. The van der Waals surface area contributed by atoms with Crippen LogP contribution in [0.2, 0.25) is 0 Å². The molecule has 0 bridgehead atoms. The standard InChI is InChI=1S/C22H42O2/c1-2-3-4-5-6-7-8-9-10-11-12-13-14-15-16-17-18-19-20-21-22(23)24/h7-8H,2-6,9-21H2,1H3,(H,23,24)/b8-7-. The zero-order valence-corrected chi connectivity index (χ0v) is 16.2. The molecule has 0 fully saturated rings. The van der Waals surface area contributed by atoms with Crippen molar-refractivity contribution in [1.29, 1.82) is 0 Å². The Kier molecular flexibility index (Phi) is 19.6. The SMILES string of the molecule is CCCCCC/C=C\CCCCCCCCCCCCCC(=O)O. The van der Waals surface area contributed by atoms with Gasteiger partial charge in [-0.1, -0.05) is 96.1 Å². The zero-order chi connectivity index (χ0) is 17.7. The molecule has 0 atom stereocenters. The second kappa shape index (κ2) is 20.3. The first-order valence-electron chi connectivity index (χ1n) is 10.6. The van der Waals surface area contributed by atoms with E-state index in [9.17, 15) is 4.79 Å². The average Bonchev–Trinajstić information content (AvgIpc) is 2.56. The van der Waals surface area contributed by atoms with Gasteiger partial charge in [0.1, 0.15) is 0 Å². The summed E-state index contributed by atoms with van der Waals surface area (Å²) in [4.78, 5) is 10.4. The van der Waals surface area contributed by atoms with Gasteiger partial charge in [0, 0.05) is 6.42 Å². The van der Waals surface area contributed by atoms with Gasteiger partial charge < -0.3 is 5.11 Å². The molecule has 0 heterocycles. The van der Waals surface area contributed by atoms with Crippen LogP contribution in [0.4, 0.5) is 0 Å². The Hall–Kier alpha value is -0.790. The van der Waals surface area contributed by atoms with Crippen LogP contribution in [-0.2, 0) is 4.79 Å². The van der Waals surface area contributed by atoms with Crippen molar-refractivity contribution >= 4 is 5.97 Å². The average molecular weight is 339 g/mol. The third kappa shape index (κ3) is 21.2. The number of hydrogen-bond acceptors (Lipinski definition) is 1. The molecule has 0 rings (SSSR count). The Labute approximate surface area is 151 Å². The van der Waals surface area contributed by atoms with E-state index in [0.29, 0.717) is 6.42 Å². The number of aliphatic carboxylic acids is 1. The molecule has 0 radical (unpaired) electrons. The van der Waals surface area contributed by atoms with Crippen LogP contribution in [-0.4, -0.2) is 11.1 Å². The summed E-state index contributed by atoms with van der Waals surface area (Å²) in [5.74, 6) is -0.655. The first-order chi connectivity index (χ1) is 11.8. The fourth-order valence-electron chi connectivity index (χ4n) is 3.05. The molecule has 0 spiro atoms. The summed E-state index contributed by atoms with van der Waals surface area (Å²) in [6.45, 7) is 2.26. The fraction of sp³-hybridized carbons (Fsp3) is 0.864. The van der Waals surface area contributed by atoms with Gasteiger partial charge in [-0.25, -0.2) is 0 Å². The lowest BCUT2D eigenvalue weighted by Crippen LogP contribution is -1.93. The van der Waals surface area contributed by atoms with E-state index < -0.39 is 5.97 Å². The Balaban J connectivity index is 3.05. The fourth-order valence-corrected chi connectivity index (χ4v) is 3.05. The molecular weight excluding hydrogens is 296 g/mol. The van der Waals surface area contributed by atoms with E-state index in [0.717, 1.165) is 12.8 Å². The van der Waals surface area contributed by atoms with Crippen molar-refractivity contribution in [2.75, 3.05) is 0 Å². The van der Waals surface area contributed by atoms with Crippen LogP contribution in [0.15, 0.2) is 12.2 Å². The quantitative estimate of drug-likeness (QED) is 0.194. The number of rotatable bonds is 19. The van der Waals surface area contributed by atoms with Gasteiger partial charge in [0.2, 0.25) is 0 Å². The molecule has 142 valence electrons. The first kappa shape index (κ1) is 23.2. The molecule has 0 unspecified atom stereocenters.